The highest BCUT2D eigenvalue weighted by molar-refractivity contribution is 5.79. The van der Waals surface area contributed by atoms with E-state index < -0.39 is 0 Å². The molecular formula is C19H28N4. The molecule has 0 amide bonds. The van der Waals surface area contributed by atoms with Crippen LogP contribution in [-0.2, 0) is 0 Å². The van der Waals surface area contributed by atoms with E-state index in [-0.39, 0.29) is 0 Å². The maximum absolute atomic E-state index is 4.84. The van der Waals surface area contributed by atoms with Gasteiger partial charge in [-0.1, -0.05) is 13.0 Å². The van der Waals surface area contributed by atoms with Crippen LogP contribution in [0.4, 0.5) is 0 Å². The Balaban J connectivity index is 1.57. The molecule has 4 rings (SSSR count). The summed E-state index contributed by atoms with van der Waals surface area (Å²) in [5.41, 5.74) is 2.55. The lowest BCUT2D eigenvalue weighted by atomic mass is 9.92. The molecule has 0 spiro atoms. The predicted molar refractivity (Wildman–Crippen MR) is 94.6 cm³/mol. The molecule has 0 unspecified atom stereocenters. The Morgan fingerprint density at radius 3 is 2.91 bits per heavy atom. The van der Waals surface area contributed by atoms with Crippen LogP contribution in [0.5, 0.6) is 0 Å². The number of likely N-dealkylation sites (tertiary alicyclic amines) is 1. The zero-order valence-corrected chi connectivity index (χ0v) is 14.3. The Morgan fingerprint density at radius 1 is 1.22 bits per heavy atom. The summed E-state index contributed by atoms with van der Waals surface area (Å²) in [7, 11) is 2.21. The van der Waals surface area contributed by atoms with Crippen molar-refractivity contribution >= 4 is 10.9 Å². The van der Waals surface area contributed by atoms with Gasteiger partial charge in [0.05, 0.1) is 11.6 Å². The number of piperidine rings is 2. The maximum Gasteiger partial charge on any atom is 0.0923 e. The van der Waals surface area contributed by atoms with Gasteiger partial charge < -0.3 is 10.2 Å². The highest BCUT2D eigenvalue weighted by atomic mass is 15.3. The van der Waals surface area contributed by atoms with Gasteiger partial charge in [-0.3, -0.25) is 4.68 Å². The average molecular weight is 312 g/mol. The number of hydrogen-bond acceptors (Lipinski definition) is 3. The van der Waals surface area contributed by atoms with Crippen molar-refractivity contribution in [3.8, 4) is 0 Å². The molecule has 1 aromatic heterocycles. The van der Waals surface area contributed by atoms with Crippen LogP contribution in [0, 0.1) is 5.92 Å². The van der Waals surface area contributed by atoms with Crippen LogP contribution >= 0.6 is 0 Å². The first-order valence-corrected chi connectivity index (χ1v) is 9.10. The third-order valence-corrected chi connectivity index (χ3v) is 5.58. The summed E-state index contributed by atoms with van der Waals surface area (Å²) >= 11 is 0. The molecule has 0 saturated carbocycles. The number of hydrogen-bond donors (Lipinski definition) is 1. The monoisotopic (exact) mass is 312 g/mol. The van der Waals surface area contributed by atoms with Crippen molar-refractivity contribution < 1.29 is 0 Å². The first kappa shape index (κ1) is 15.2. The second-order valence-corrected chi connectivity index (χ2v) is 7.63. The zero-order chi connectivity index (χ0) is 15.8. The van der Waals surface area contributed by atoms with E-state index in [0.29, 0.717) is 12.1 Å². The molecule has 2 fully saturated rings. The lowest BCUT2D eigenvalue weighted by Crippen LogP contribution is -2.33. The van der Waals surface area contributed by atoms with Gasteiger partial charge in [0.25, 0.3) is 0 Å². The van der Waals surface area contributed by atoms with Crippen LogP contribution in [0.3, 0.4) is 0 Å². The average Bonchev–Trinajstić information content (AvgIpc) is 2.99. The summed E-state index contributed by atoms with van der Waals surface area (Å²) in [5.74, 6) is 0.807. The first-order valence-electron chi connectivity index (χ1n) is 9.10. The first-order chi connectivity index (χ1) is 11.2. The number of benzene rings is 1. The van der Waals surface area contributed by atoms with Crippen LogP contribution in [0.25, 0.3) is 10.9 Å². The van der Waals surface area contributed by atoms with Gasteiger partial charge in [-0.15, -0.1) is 0 Å². The van der Waals surface area contributed by atoms with E-state index in [2.05, 4.69) is 53.3 Å². The summed E-state index contributed by atoms with van der Waals surface area (Å²) in [6.07, 6.45) is 7.34. The quantitative estimate of drug-likeness (QED) is 0.923. The zero-order valence-electron chi connectivity index (χ0n) is 14.3. The second kappa shape index (κ2) is 6.25. The van der Waals surface area contributed by atoms with E-state index in [9.17, 15) is 0 Å². The minimum absolute atomic E-state index is 0.514. The Labute approximate surface area is 138 Å². The number of nitrogens with zero attached hydrogens (tertiary/aromatic N) is 3. The van der Waals surface area contributed by atoms with Crippen LogP contribution in [0.15, 0.2) is 24.4 Å². The van der Waals surface area contributed by atoms with Crippen LogP contribution < -0.4 is 5.32 Å². The minimum atomic E-state index is 0.514. The smallest absolute Gasteiger partial charge is 0.0923 e. The highest BCUT2D eigenvalue weighted by Gasteiger charge is 2.21. The molecule has 0 bridgehead atoms. The van der Waals surface area contributed by atoms with Crippen molar-refractivity contribution in [3.63, 3.8) is 0 Å². The normalized spacial score (nSPS) is 29.9. The lowest BCUT2D eigenvalue weighted by molar-refractivity contribution is 0.203. The minimum Gasteiger partial charge on any atom is -0.310 e. The molecule has 23 heavy (non-hydrogen) atoms. The topological polar surface area (TPSA) is 33.1 Å². The summed E-state index contributed by atoms with van der Waals surface area (Å²) in [6.45, 7) is 5.80. The summed E-state index contributed by atoms with van der Waals surface area (Å²) in [6, 6.07) is 7.85. The number of aromatic nitrogens is 2. The Morgan fingerprint density at radius 2 is 2.13 bits per heavy atom. The number of likely N-dealkylation sites (N-methyl/N-ethyl adjacent to an activating group) is 1. The number of nitrogens with one attached hydrogen (secondary N) is 1. The molecule has 2 saturated heterocycles. The highest BCUT2D eigenvalue weighted by Crippen LogP contribution is 2.29. The SMILES string of the molecule is C[C@H]1CC[C@H](c2ccc3nn([C@H]4CCCN(C)C4)cc3c2)NC1. The molecule has 2 aromatic rings. The second-order valence-electron chi connectivity index (χ2n) is 7.63. The maximum atomic E-state index is 4.84. The molecule has 2 aliphatic rings. The third-order valence-electron chi connectivity index (χ3n) is 5.58. The van der Waals surface area contributed by atoms with E-state index in [1.165, 1.54) is 43.2 Å². The number of fused-ring (bicyclic) bond motifs is 1. The fourth-order valence-corrected chi connectivity index (χ4v) is 4.11. The Kier molecular flexibility index (Phi) is 4.12. The molecule has 1 aromatic carbocycles. The Bertz CT molecular complexity index is 669. The fraction of sp³-hybridized carbons (Fsp3) is 0.632. The third kappa shape index (κ3) is 3.15. The van der Waals surface area contributed by atoms with Crippen molar-refractivity contribution in [2.24, 2.45) is 5.92 Å². The predicted octanol–water partition coefficient (Wildman–Crippen LogP) is 3.36. The van der Waals surface area contributed by atoms with Crippen molar-refractivity contribution in [3.05, 3.63) is 30.0 Å². The standard InChI is InChI=1S/C19H28N4/c1-14-5-7-18(20-11-14)15-6-8-19-16(10-15)12-23(21-19)17-4-3-9-22(2)13-17/h6,8,10,12,14,17-18,20H,3-5,7,9,11,13H2,1-2H3/t14-,17-,18+/m0/s1. The van der Waals surface area contributed by atoms with Gasteiger partial charge in [0, 0.05) is 24.2 Å². The molecule has 2 aliphatic heterocycles. The van der Waals surface area contributed by atoms with E-state index in [1.54, 1.807) is 0 Å². The summed E-state index contributed by atoms with van der Waals surface area (Å²) in [4.78, 5) is 2.42. The molecule has 3 heterocycles. The van der Waals surface area contributed by atoms with Gasteiger partial charge >= 0.3 is 0 Å². The van der Waals surface area contributed by atoms with Gasteiger partial charge in [0.15, 0.2) is 0 Å². The van der Waals surface area contributed by atoms with E-state index in [0.717, 1.165) is 24.5 Å². The summed E-state index contributed by atoms with van der Waals surface area (Å²) in [5, 5.41) is 9.82. The van der Waals surface area contributed by atoms with Gasteiger partial charge in [-0.25, -0.2) is 0 Å². The largest absolute Gasteiger partial charge is 0.310 e. The van der Waals surface area contributed by atoms with Gasteiger partial charge in [0.2, 0.25) is 0 Å². The lowest BCUT2D eigenvalue weighted by Gasteiger charge is -2.29. The number of rotatable bonds is 2. The van der Waals surface area contributed by atoms with Crippen molar-refractivity contribution in [1.29, 1.82) is 0 Å². The van der Waals surface area contributed by atoms with E-state index in [4.69, 9.17) is 5.10 Å². The fourth-order valence-electron chi connectivity index (χ4n) is 4.11. The van der Waals surface area contributed by atoms with Gasteiger partial charge in [-0.2, -0.15) is 5.10 Å². The molecule has 4 nitrogen and oxygen atoms in total. The Hall–Kier alpha value is -1.39. The van der Waals surface area contributed by atoms with Crippen LogP contribution in [0.2, 0.25) is 0 Å². The van der Waals surface area contributed by atoms with Crippen molar-refractivity contribution in [2.75, 3.05) is 26.7 Å². The van der Waals surface area contributed by atoms with Gasteiger partial charge in [0.1, 0.15) is 0 Å². The van der Waals surface area contributed by atoms with Gasteiger partial charge in [-0.05, 0) is 69.4 Å². The molecule has 0 aliphatic carbocycles. The van der Waals surface area contributed by atoms with Crippen LogP contribution in [0.1, 0.15) is 50.3 Å². The summed E-state index contributed by atoms with van der Waals surface area (Å²) < 4.78 is 2.21. The van der Waals surface area contributed by atoms with E-state index >= 15 is 0 Å². The molecular weight excluding hydrogens is 284 g/mol. The van der Waals surface area contributed by atoms with Crippen molar-refractivity contribution in [1.82, 2.24) is 20.0 Å². The molecule has 0 radical (unpaired) electrons. The molecule has 4 heteroatoms. The van der Waals surface area contributed by atoms with E-state index in [1.807, 2.05) is 0 Å². The molecule has 3 atom stereocenters. The molecule has 124 valence electrons. The van der Waals surface area contributed by atoms with Crippen molar-refractivity contribution in [2.45, 2.75) is 44.7 Å². The molecule has 1 N–H and O–H groups in total. The van der Waals surface area contributed by atoms with Crippen LogP contribution in [-0.4, -0.2) is 41.4 Å².